The molecule has 1 saturated heterocycles. The maximum atomic E-state index is 15.7. The van der Waals surface area contributed by atoms with Crippen LogP contribution in [0.5, 0.6) is 0 Å². The Kier molecular flexibility index (Phi) is 6.10. The largest absolute Gasteiger partial charge is 0.405 e. The van der Waals surface area contributed by atoms with Gasteiger partial charge >= 0.3 is 11.6 Å². The third-order valence-electron chi connectivity index (χ3n) is 6.32. The first-order chi connectivity index (χ1) is 13.8. The van der Waals surface area contributed by atoms with Gasteiger partial charge in [-0.25, -0.2) is 18.6 Å². The van der Waals surface area contributed by atoms with Crippen molar-refractivity contribution in [1.29, 1.82) is 0 Å². The molecule has 0 unspecified atom stereocenters. The SMILES string of the molecule is CC(C)(C)[Si](C)(C)O[C@@H]1[C@@H](CC2=CC=CCC2)O[C@H](c2cnc(=O)[nH]c2N)C1(F)F. The van der Waals surface area contributed by atoms with Gasteiger partial charge in [0.25, 0.3) is 0 Å². The molecule has 0 amide bonds. The second kappa shape index (κ2) is 8.01. The molecule has 0 spiro atoms. The van der Waals surface area contributed by atoms with Gasteiger partial charge in [-0.15, -0.1) is 0 Å². The molecule has 3 rings (SSSR count). The van der Waals surface area contributed by atoms with Gasteiger partial charge in [0.05, 0.1) is 6.10 Å². The first-order valence-corrected chi connectivity index (χ1v) is 13.1. The summed E-state index contributed by atoms with van der Waals surface area (Å²) in [4.78, 5) is 17.3. The zero-order chi connectivity index (χ0) is 22.3. The predicted molar refractivity (Wildman–Crippen MR) is 115 cm³/mol. The molecule has 6 nitrogen and oxygen atoms in total. The molecule has 1 aromatic rings. The number of anilines is 1. The van der Waals surface area contributed by atoms with Crippen molar-refractivity contribution in [2.45, 2.75) is 82.4 Å². The molecule has 2 aliphatic rings. The van der Waals surface area contributed by atoms with Gasteiger partial charge in [-0.05, 0) is 37.4 Å². The Bertz CT molecular complexity index is 905. The van der Waals surface area contributed by atoms with E-state index in [9.17, 15) is 4.79 Å². The van der Waals surface area contributed by atoms with Gasteiger partial charge in [0.1, 0.15) is 11.9 Å². The van der Waals surface area contributed by atoms with E-state index < -0.39 is 38.2 Å². The third-order valence-corrected chi connectivity index (χ3v) is 10.8. The molecule has 0 saturated carbocycles. The summed E-state index contributed by atoms with van der Waals surface area (Å²) in [5.41, 5.74) is 6.17. The van der Waals surface area contributed by atoms with E-state index in [1.165, 1.54) is 0 Å². The van der Waals surface area contributed by atoms with Crippen molar-refractivity contribution in [2.24, 2.45) is 0 Å². The molecule has 0 aromatic carbocycles. The standard InChI is InChI=1S/C21H31F2N3O3Si/c1-20(2,3)30(4,5)29-17-15(11-13-9-7-6-8-10-13)28-16(21(17,22)23)14-12-25-19(27)26-18(14)24/h6-7,9,12,15-17H,8,10-11H2,1-5H3,(H3,24,25,26,27)/t15-,16-,17-/m1/s1. The lowest BCUT2D eigenvalue weighted by molar-refractivity contribution is -0.109. The first-order valence-electron chi connectivity index (χ1n) is 10.2. The number of aromatic nitrogens is 2. The lowest BCUT2D eigenvalue weighted by Gasteiger charge is -2.40. The van der Waals surface area contributed by atoms with Crippen LogP contribution >= 0.6 is 0 Å². The Morgan fingerprint density at radius 2 is 2.10 bits per heavy atom. The quantitative estimate of drug-likeness (QED) is 0.660. The van der Waals surface area contributed by atoms with Crippen molar-refractivity contribution < 1.29 is 17.9 Å². The lowest BCUT2D eigenvalue weighted by atomic mass is 9.95. The maximum absolute atomic E-state index is 15.7. The Morgan fingerprint density at radius 3 is 2.67 bits per heavy atom. The summed E-state index contributed by atoms with van der Waals surface area (Å²) in [7, 11) is -2.52. The summed E-state index contributed by atoms with van der Waals surface area (Å²) in [5, 5.41) is -0.239. The number of halogens is 2. The van der Waals surface area contributed by atoms with Gasteiger partial charge in [0.15, 0.2) is 14.4 Å². The Balaban J connectivity index is 1.98. The normalized spacial score (nSPS) is 26.6. The van der Waals surface area contributed by atoms with Crippen LogP contribution in [-0.2, 0) is 9.16 Å². The minimum atomic E-state index is -3.33. The molecule has 0 radical (unpaired) electrons. The fraction of sp³-hybridized carbons (Fsp3) is 0.619. The highest BCUT2D eigenvalue weighted by molar-refractivity contribution is 6.74. The third kappa shape index (κ3) is 4.43. The number of hydrogen-bond acceptors (Lipinski definition) is 5. The number of hydrogen-bond donors (Lipinski definition) is 2. The van der Waals surface area contributed by atoms with Crippen LogP contribution in [0, 0.1) is 0 Å². The van der Waals surface area contributed by atoms with E-state index in [0.717, 1.165) is 24.6 Å². The van der Waals surface area contributed by atoms with Crippen LogP contribution in [0.4, 0.5) is 14.6 Å². The minimum Gasteiger partial charge on any atom is -0.405 e. The highest BCUT2D eigenvalue weighted by Crippen LogP contribution is 2.51. The number of rotatable bonds is 5. The topological polar surface area (TPSA) is 90.2 Å². The van der Waals surface area contributed by atoms with E-state index in [0.29, 0.717) is 6.42 Å². The molecule has 9 heteroatoms. The summed E-state index contributed by atoms with van der Waals surface area (Å²) >= 11 is 0. The highest BCUT2D eigenvalue weighted by atomic mass is 28.4. The van der Waals surface area contributed by atoms with Crippen molar-refractivity contribution in [2.75, 3.05) is 5.73 Å². The molecule has 3 atom stereocenters. The van der Waals surface area contributed by atoms with Gasteiger partial charge in [-0.3, -0.25) is 4.98 Å². The van der Waals surface area contributed by atoms with Crippen LogP contribution in [0.1, 0.15) is 51.7 Å². The molecular weight excluding hydrogens is 408 g/mol. The number of allylic oxidation sites excluding steroid dienone is 3. The maximum Gasteiger partial charge on any atom is 0.346 e. The zero-order valence-electron chi connectivity index (χ0n) is 18.2. The minimum absolute atomic E-state index is 0.0246. The fourth-order valence-electron chi connectivity index (χ4n) is 3.53. The molecule has 1 fully saturated rings. The smallest absolute Gasteiger partial charge is 0.346 e. The number of nitrogens with one attached hydrogen (secondary N) is 1. The number of nitrogens with zero attached hydrogens (tertiary/aromatic N) is 1. The fourth-order valence-corrected chi connectivity index (χ4v) is 4.82. The van der Waals surface area contributed by atoms with Crippen molar-refractivity contribution in [3.63, 3.8) is 0 Å². The molecule has 1 aliphatic heterocycles. The van der Waals surface area contributed by atoms with Crippen LogP contribution in [0.2, 0.25) is 18.1 Å². The predicted octanol–water partition coefficient (Wildman–Crippen LogP) is 4.48. The van der Waals surface area contributed by atoms with E-state index >= 15 is 8.78 Å². The number of alkyl halides is 2. The summed E-state index contributed by atoms with van der Waals surface area (Å²) in [6.07, 6.45) is 5.17. The Labute approximate surface area is 176 Å². The van der Waals surface area contributed by atoms with Crippen molar-refractivity contribution in [1.82, 2.24) is 9.97 Å². The number of aromatic amines is 1. The van der Waals surface area contributed by atoms with Gasteiger partial charge in [0, 0.05) is 11.8 Å². The zero-order valence-corrected chi connectivity index (χ0v) is 19.2. The Morgan fingerprint density at radius 1 is 1.40 bits per heavy atom. The summed E-state index contributed by atoms with van der Waals surface area (Å²) in [6, 6.07) is 0. The monoisotopic (exact) mass is 439 g/mol. The van der Waals surface area contributed by atoms with E-state index in [1.807, 2.05) is 52.1 Å². The average Bonchev–Trinajstić information content (AvgIpc) is 2.86. The van der Waals surface area contributed by atoms with Crippen LogP contribution < -0.4 is 11.4 Å². The summed E-state index contributed by atoms with van der Waals surface area (Å²) < 4.78 is 43.6. The van der Waals surface area contributed by atoms with Crippen molar-refractivity contribution >= 4 is 14.1 Å². The molecule has 1 aromatic heterocycles. The molecule has 30 heavy (non-hydrogen) atoms. The molecular formula is C21H31F2N3O3Si. The van der Waals surface area contributed by atoms with E-state index in [4.69, 9.17) is 14.9 Å². The van der Waals surface area contributed by atoms with E-state index in [1.54, 1.807) is 0 Å². The van der Waals surface area contributed by atoms with Crippen molar-refractivity contribution in [3.05, 3.63) is 46.0 Å². The van der Waals surface area contributed by atoms with Gasteiger partial charge in [-0.1, -0.05) is 44.6 Å². The van der Waals surface area contributed by atoms with E-state index in [-0.39, 0.29) is 16.4 Å². The lowest BCUT2D eigenvalue weighted by Crippen LogP contribution is -2.51. The Hall–Kier alpha value is -1.84. The van der Waals surface area contributed by atoms with E-state index in [2.05, 4.69) is 9.97 Å². The highest BCUT2D eigenvalue weighted by Gasteiger charge is 2.62. The average molecular weight is 440 g/mol. The number of H-pyrrole nitrogens is 1. The van der Waals surface area contributed by atoms with Gasteiger partial charge in [-0.2, -0.15) is 0 Å². The van der Waals surface area contributed by atoms with Gasteiger partial charge in [0.2, 0.25) is 0 Å². The van der Waals surface area contributed by atoms with Crippen LogP contribution in [0.3, 0.4) is 0 Å². The molecule has 0 bridgehead atoms. The first kappa shape index (κ1) is 22.8. The van der Waals surface area contributed by atoms with Crippen LogP contribution in [-0.4, -0.2) is 36.4 Å². The molecule has 3 N–H and O–H groups in total. The van der Waals surface area contributed by atoms with Crippen LogP contribution in [0.25, 0.3) is 0 Å². The molecule has 2 heterocycles. The summed E-state index contributed by atoms with van der Waals surface area (Å²) in [6.45, 7) is 9.94. The van der Waals surface area contributed by atoms with Crippen LogP contribution in [0.15, 0.2) is 34.8 Å². The number of nitrogen functional groups attached to an aromatic ring is 1. The summed E-state index contributed by atoms with van der Waals surface area (Å²) in [5.74, 6) is -3.49. The number of ether oxygens (including phenoxy) is 1. The second-order valence-electron chi connectivity index (χ2n) is 9.58. The molecule has 1 aliphatic carbocycles. The van der Waals surface area contributed by atoms with Crippen molar-refractivity contribution in [3.8, 4) is 0 Å². The number of nitrogens with two attached hydrogens (primary N) is 1. The van der Waals surface area contributed by atoms with Gasteiger partial charge < -0.3 is 14.9 Å². The second-order valence-corrected chi connectivity index (χ2v) is 14.3. The molecule has 166 valence electrons.